The maximum atomic E-state index is 5.19. The second-order valence-corrected chi connectivity index (χ2v) is 14.8. The lowest BCUT2D eigenvalue weighted by molar-refractivity contribution is 1.09. The summed E-state index contributed by atoms with van der Waals surface area (Å²) >= 11 is 0. The highest BCUT2D eigenvalue weighted by Crippen LogP contribution is 2.38. The van der Waals surface area contributed by atoms with E-state index in [-0.39, 0.29) is 0 Å². The molecule has 0 aliphatic carbocycles. The smallest absolute Gasteiger partial charge is 0.220 e. The van der Waals surface area contributed by atoms with Crippen LogP contribution in [0.25, 0.3) is 106 Å². The van der Waals surface area contributed by atoms with Crippen molar-refractivity contribution in [2.24, 2.45) is 0 Å². The average Bonchev–Trinajstić information content (AvgIpc) is 4.06. The number of nitrogens with zero attached hydrogens (tertiary/aromatic N) is 7. The molecule has 0 fully saturated rings. The van der Waals surface area contributed by atoms with Gasteiger partial charge < -0.3 is 4.57 Å². The van der Waals surface area contributed by atoms with Gasteiger partial charge in [0.1, 0.15) is 0 Å². The molecule has 0 spiro atoms. The van der Waals surface area contributed by atoms with Crippen molar-refractivity contribution in [1.82, 2.24) is 32.5 Å². The summed E-state index contributed by atoms with van der Waals surface area (Å²) in [6.45, 7) is 0. The number of fused-ring (bicyclic) bond motifs is 13. The highest BCUT2D eigenvalue weighted by Gasteiger charge is 2.21. The fraction of sp³-hybridized carbons (Fsp3) is 0. The van der Waals surface area contributed by atoms with Gasteiger partial charge in [-0.2, -0.15) is 0 Å². The quantitative estimate of drug-likeness (QED) is 0.181. The maximum absolute atomic E-state index is 5.19. The lowest BCUT2D eigenvalue weighted by Gasteiger charge is -2.13. The predicted molar refractivity (Wildman–Crippen MR) is 232 cm³/mol. The molecule has 5 heterocycles. The molecule has 13 rings (SSSR count). The summed E-state index contributed by atoms with van der Waals surface area (Å²) in [5.74, 6) is 1.78. The van der Waals surface area contributed by atoms with E-state index in [4.69, 9.17) is 9.97 Å². The van der Waals surface area contributed by atoms with E-state index in [1.807, 2.05) is 0 Å². The van der Waals surface area contributed by atoms with Crippen LogP contribution in [0.4, 0.5) is 0 Å². The lowest BCUT2D eigenvalue weighted by Crippen LogP contribution is -2.00. The molecule has 0 aliphatic heterocycles. The molecule has 266 valence electrons. The number of hydrogen-bond donors (Lipinski definition) is 0. The zero-order valence-electron chi connectivity index (χ0n) is 30.5. The largest absolute Gasteiger partial charge is 0.309 e. The second kappa shape index (κ2) is 11.3. The van der Waals surface area contributed by atoms with E-state index in [9.17, 15) is 0 Å². The van der Waals surface area contributed by atoms with Crippen LogP contribution >= 0.6 is 0 Å². The van der Waals surface area contributed by atoms with Gasteiger partial charge in [0.2, 0.25) is 11.6 Å². The summed E-state index contributed by atoms with van der Waals surface area (Å²) in [5.41, 5.74) is 16.4. The molecular formula is C50H31N7. The van der Waals surface area contributed by atoms with Crippen LogP contribution in [0.5, 0.6) is 0 Å². The van der Waals surface area contributed by atoms with Crippen molar-refractivity contribution in [2.75, 3.05) is 0 Å². The van der Waals surface area contributed by atoms with Gasteiger partial charge in [0, 0.05) is 16.5 Å². The Kier molecular flexibility index (Phi) is 6.04. The first kappa shape index (κ1) is 30.4. The van der Waals surface area contributed by atoms with E-state index in [1.165, 1.54) is 21.9 Å². The Morgan fingerprint density at radius 3 is 1.37 bits per heavy atom. The fourth-order valence-corrected chi connectivity index (χ4v) is 9.22. The summed E-state index contributed by atoms with van der Waals surface area (Å²) in [6, 6.07) is 67.2. The first-order valence-corrected chi connectivity index (χ1v) is 19.3. The number of aromatic nitrogens is 7. The Balaban J connectivity index is 1.10. The van der Waals surface area contributed by atoms with Crippen molar-refractivity contribution >= 4 is 77.5 Å². The monoisotopic (exact) mass is 729 g/mol. The van der Waals surface area contributed by atoms with E-state index < -0.39 is 0 Å². The van der Waals surface area contributed by atoms with Crippen molar-refractivity contribution in [3.05, 3.63) is 188 Å². The summed E-state index contributed by atoms with van der Waals surface area (Å²) in [7, 11) is 0. The first-order valence-electron chi connectivity index (χ1n) is 19.3. The van der Waals surface area contributed by atoms with Crippen molar-refractivity contribution in [2.45, 2.75) is 0 Å². The molecule has 0 unspecified atom stereocenters. The minimum atomic E-state index is 0.890. The highest BCUT2D eigenvalue weighted by molar-refractivity contribution is 6.11. The van der Waals surface area contributed by atoms with Gasteiger partial charge in [-0.05, 0) is 96.1 Å². The van der Waals surface area contributed by atoms with Gasteiger partial charge in [-0.1, -0.05) is 103 Å². The summed E-state index contributed by atoms with van der Waals surface area (Å²) in [4.78, 5) is 10.4. The number of rotatable bonds is 4. The molecule has 7 nitrogen and oxygen atoms in total. The third kappa shape index (κ3) is 4.20. The number of imidazole rings is 4. The van der Waals surface area contributed by atoms with Gasteiger partial charge in [-0.3, -0.25) is 17.9 Å². The molecule has 0 bridgehead atoms. The van der Waals surface area contributed by atoms with Crippen LogP contribution in [-0.4, -0.2) is 32.5 Å². The average molecular weight is 730 g/mol. The van der Waals surface area contributed by atoms with E-state index in [1.54, 1.807) is 0 Å². The molecule has 0 radical (unpaired) electrons. The Hall–Kier alpha value is -7.90. The summed E-state index contributed by atoms with van der Waals surface area (Å²) in [5, 5.41) is 2.39. The topological polar surface area (TPSA) is 49.4 Å². The molecule has 57 heavy (non-hydrogen) atoms. The fourth-order valence-electron chi connectivity index (χ4n) is 9.22. The lowest BCUT2D eigenvalue weighted by atomic mass is 10.0. The number of para-hydroxylation sites is 8. The number of hydrogen-bond acceptors (Lipinski definition) is 2. The van der Waals surface area contributed by atoms with Crippen LogP contribution in [0, 0.1) is 0 Å². The Bertz CT molecular complexity index is 3760. The molecule has 7 heteroatoms. The van der Waals surface area contributed by atoms with E-state index in [0.717, 1.165) is 83.8 Å². The van der Waals surface area contributed by atoms with Crippen molar-refractivity contribution in [1.29, 1.82) is 0 Å². The van der Waals surface area contributed by atoms with Gasteiger partial charge in [0.25, 0.3) is 0 Å². The van der Waals surface area contributed by atoms with Crippen molar-refractivity contribution in [3.63, 3.8) is 0 Å². The van der Waals surface area contributed by atoms with Gasteiger partial charge in [0.15, 0.2) is 0 Å². The Morgan fingerprint density at radius 2 is 0.754 bits per heavy atom. The third-order valence-electron chi connectivity index (χ3n) is 11.7. The van der Waals surface area contributed by atoms with Crippen LogP contribution < -0.4 is 0 Å². The predicted octanol–water partition coefficient (Wildman–Crippen LogP) is 11.9. The van der Waals surface area contributed by atoms with Crippen molar-refractivity contribution in [3.8, 4) is 28.2 Å². The molecule has 0 N–H and O–H groups in total. The number of benzene rings is 8. The van der Waals surface area contributed by atoms with Gasteiger partial charge >= 0.3 is 0 Å². The second-order valence-electron chi connectivity index (χ2n) is 14.8. The first-order chi connectivity index (χ1) is 28.3. The molecule has 5 aromatic heterocycles. The molecule has 0 atom stereocenters. The highest BCUT2D eigenvalue weighted by atomic mass is 15.2. The minimum absolute atomic E-state index is 0.890. The SMILES string of the molecule is c1ccc(-c2ccc3c4ccc(-n5c6ccccc6n6c7ccccc7nc56)cc4n(-c4cccc(-n5c6ccccc6n6c7ccccc7nc56)c4)c3c2)cc1. The molecule has 8 aromatic carbocycles. The molecule has 13 aromatic rings. The summed E-state index contributed by atoms with van der Waals surface area (Å²) in [6.07, 6.45) is 0. The molecular weight excluding hydrogens is 699 g/mol. The third-order valence-corrected chi connectivity index (χ3v) is 11.7. The normalized spacial score (nSPS) is 12.2. The van der Waals surface area contributed by atoms with E-state index >= 15 is 0 Å². The zero-order valence-corrected chi connectivity index (χ0v) is 30.5. The minimum Gasteiger partial charge on any atom is -0.309 e. The molecule has 0 saturated carbocycles. The van der Waals surface area contributed by atoms with Gasteiger partial charge in [0.05, 0.1) is 66.5 Å². The van der Waals surface area contributed by atoms with Crippen LogP contribution in [0.3, 0.4) is 0 Å². The standard InChI is InChI=1S/C50H31N7/c1-2-13-32(14-3-1)33-25-27-37-38-28-26-36(55-44-22-9-11-24-46(44)57-42-20-7-5-18-40(42)52-50(55)57)31-48(38)53(47(37)29-33)34-15-12-16-35(30-34)54-43-21-8-10-23-45(43)56-41-19-6-4-17-39(41)51-49(54)56/h1-31H. The molecule has 0 saturated heterocycles. The van der Waals surface area contributed by atoms with Crippen LogP contribution in [0.1, 0.15) is 0 Å². The summed E-state index contributed by atoms with van der Waals surface area (Å²) < 4.78 is 11.6. The Labute approximate surface area is 325 Å². The maximum Gasteiger partial charge on any atom is 0.220 e. The van der Waals surface area contributed by atoms with E-state index in [2.05, 4.69) is 211 Å². The molecule has 0 aliphatic rings. The van der Waals surface area contributed by atoms with E-state index in [0.29, 0.717) is 0 Å². The zero-order chi connectivity index (χ0) is 37.2. The van der Waals surface area contributed by atoms with Crippen LogP contribution in [0.15, 0.2) is 188 Å². The van der Waals surface area contributed by atoms with Crippen LogP contribution in [-0.2, 0) is 0 Å². The molecule has 0 amide bonds. The van der Waals surface area contributed by atoms with Gasteiger partial charge in [-0.15, -0.1) is 0 Å². The van der Waals surface area contributed by atoms with Crippen LogP contribution in [0.2, 0.25) is 0 Å². The van der Waals surface area contributed by atoms with Crippen molar-refractivity contribution < 1.29 is 0 Å². The van der Waals surface area contributed by atoms with Gasteiger partial charge in [-0.25, -0.2) is 9.97 Å². The Morgan fingerprint density at radius 1 is 0.281 bits per heavy atom.